The molecular formula is C20H26Br2O2. The molecule has 0 amide bonds. The van der Waals surface area contributed by atoms with Crippen LogP contribution in [0.2, 0.25) is 0 Å². The van der Waals surface area contributed by atoms with Gasteiger partial charge in [0.1, 0.15) is 11.5 Å². The number of rotatable bonds is 7. The van der Waals surface area contributed by atoms with Crippen LogP contribution in [0.15, 0.2) is 68.1 Å². The Kier molecular flexibility index (Phi) is 9.45. The smallest absolute Gasteiger partial charge is 0.140 e. The molecule has 132 valence electrons. The highest BCUT2D eigenvalue weighted by Gasteiger charge is 2.21. The zero-order valence-corrected chi connectivity index (χ0v) is 18.1. The van der Waals surface area contributed by atoms with Crippen molar-refractivity contribution >= 4 is 31.9 Å². The summed E-state index contributed by atoms with van der Waals surface area (Å²) in [6.07, 6.45) is 10.2. The van der Waals surface area contributed by atoms with E-state index in [0.717, 1.165) is 58.4 Å². The molecule has 24 heavy (non-hydrogen) atoms. The highest BCUT2D eigenvalue weighted by Crippen LogP contribution is 2.36. The van der Waals surface area contributed by atoms with Gasteiger partial charge in [0.25, 0.3) is 0 Å². The van der Waals surface area contributed by atoms with E-state index in [1.54, 1.807) is 14.2 Å². The van der Waals surface area contributed by atoms with Gasteiger partial charge in [-0.1, -0.05) is 40.2 Å². The third-order valence-corrected chi connectivity index (χ3v) is 4.87. The minimum Gasteiger partial charge on any atom is -0.501 e. The van der Waals surface area contributed by atoms with Crippen molar-refractivity contribution in [2.24, 2.45) is 0 Å². The number of hydrogen-bond donors (Lipinski definition) is 0. The third kappa shape index (κ3) is 5.82. The molecule has 0 aromatic heterocycles. The Hall–Kier alpha value is -1.00. The van der Waals surface area contributed by atoms with Gasteiger partial charge in [0.15, 0.2) is 0 Å². The SMILES string of the molecule is C=C(CCC=CBr)/C(C1=CCC/C(C)=C/C(Br)=C\1OC)=C(\C)OC. The van der Waals surface area contributed by atoms with Crippen molar-refractivity contribution in [1.82, 2.24) is 0 Å². The Balaban J connectivity index is 3.38. The molecule has 0 radical (unpaired) electrons. The molecule has 0 atom stereocenters. The Morgan fingerprint density at radius 1 is 1.38 bits per heavy atom. The molecule has 2 nitrogen and oxygen atoms in total. The van der Waals surface area contributed by atoms with Gasteiger partial charge in [0.2, 0.25) is 0 Å². The van der Waals surface area contributed by atoms with E-state index in [-0.39, 0.29) is 0 Å². The molecule has 0 saturated carbocycles. The molecule has 0 fully saturated rings. The summed E-state index contributed by atoms with van der Waals surface area (Å²) >= 11 is 6.97. The molecule has 0 aromatic carbocycles. The summed E-state index contributed by atoms with van der Waals surface area (Å²) < 4.78 is 12.2. The topological polar surface area (TPSA) is 18.5 Å². The van der Waals surface area contributed by atoms with E-state index < -0.39 is 0 Å². The fourth-order valence-corrected chi connectivity index (χ4v) is 3.65. The molecule has 0 N–H and O–H groups in total. The van der Waals surface area contributed by atoms with Crippen molar-refractivity contribution in [1.29, 1.82) is 0 Å². The Bertz CT molecular complexity index is 620. The maximum Gasteiger partial charge on any atom is 0.140 e. The van der Waals surface area contributed by atoms with Crippen LogP contribution in [0.25, 0.3) is 0 Å². The predicted molar refractivity (Wildman–Crippen MR) is 110 cm³/mol. The highest BCUT2D eigenvalue weighted by molar-refractivity contribution is 9.12. The van der Waals surface area contributed by atoms with Crippen LogP contribution in [0, 0.1) is 0 Å². The third-order valence-electron chi connectivity index (χ3n) is 3.91. The van der Waals surface area contributed by atoms with Crippen LogP contribution < -0.4 is 0 Å². The predicted octanol–water partition coefficient (Wildman–Crippen LogP) is 7.07. The van der Waals surface area contributed by atoms with Crippen LogP contribution in [0.5, 0.6) is 0 Å². The summed E-state index contributed by atoms with van der Waals surface area (Å²) in [5, 5.41) is 0. The molecule has 4 heteroatoms. The lowest BCUT2D eigenvalue weighted by molar-refractivity contribution is 0.284. The van der Waals surface area contributed by atoms with Crippen molar-refractivity contribution in [2.45, 2.75) is 39.5 Å². The molecular weight excluding hydrogens is 432 g/mol. The summed E-state index contributed by atoms with van der Waals surface area (Å²) in [6, 6.07) is 0. The second kappa shape index (κ2) is 10.8. The first-order valence-electron chi connectivity index (χ1n) is 7.96. The zero-order chi connectivity index (χ0) is 18.1. The average molecular weight is 458 g/mol. The van der Waals surface area contributed by atoms with Crippen LogP contribution in [-0.2, 0) is 9.47 Å². The first-order valence-corrected chi connectivity index (χ1v) is 9.67. The lowest BCUT2D eigenvalue weighted by atomic mass is 9.90. The summed E-state index contributed by atoms with van der Waals surface area (Å²) in [6.45, 7) is 8.41. The van der Waals surface area contributed by atoms with E-state index in [2.05, 4.69) is 63.6 Å². The van der Waals surface area contributed by atoms with E-state index in [4.69, 9.17) is 9.47 Å². The first kappa shape index (κ1) is 21.0. The standard InChI is InChI=1S/C20H26Br2O2/c1-14-9-8-11-17(20(24-5)18(22)13-14)19(16(3)23-4)15(2)10-6-7-12-21/h7,11-13H,2,6,8-10H2,1,3-5H3/b12-7?,14-13+,17-11?,19-16-,20-18-. The Morgan fingerprint density at radius 3 is 2.67 bits per heavy atom. The number of allylic oxidation sites excluding steroid dienone is 8. The monoisotopic (exact) mass is 456 g/mol. The lowest BCUT2D eigenvalue weighted by Gasteiger charge is -2.21. The normalized spacial score (nSPS) is 22.1. The van der Waals surface area contributed by atoms with Crippen molar-refractivity contribution in [3.8, 4) is 0 Å². The van der Waals surface area contributed by atoms with Gasteiger partial charge < -0.3 is 9.47 Å². The molecule has 1 aliphatic carbocycles. The van der Waals surface area contributed by atoms with Crippen molar-refractivity contribution in [2.75, 3.05) is 14.2 Å². The van der Waals surface area contributed by atoms with Crippen LogP contribution in [0.4, 0.5) is 0 Å². The summed E-state index contributed by atoms with van der Waals surface area (Å²) in [5.41, 5.74) is 4.44. The van der Waals surface area contributed by atoms with E-state index in [9.17, 15) is 0 Å². The first-order chi connectivity index (χ1) is 11.5. The second-order valence-electron chi connectivity index (χ2n) is 5.67. The highest BCUT2D eigenvalue weighted by atomic mass is 79.9. The minimum absolute atomic E-state index is 0.817. The molecule has 1 aliphatic rings. The van der Waals surface area contributed by atoms with Gasteiger partial charge >= 0.3 is 0 Å². The molecule has 0 unspecified atom stereocenters. The molecule has 0 heterocycles. The summed E-state index contributed by atoms with van der Waals surface area (Å²) in [5.74, 6) is 1.67. The Morgan fingerprint density at radius 2 is 2.08 bits per heavy atom. The van der Waals surface area contributed by atoms with Gasteiger partial charge in [-0.05, 0) is 72.1 Å². The maximum absolute atomic E-state index is 5.72. The molecule has 0 aromatic rings. The molecule has 0 spiro atoms. The van der Waals surface area contributed by atoms with Crippen LogP contribution in [0.3, 0.4) is 0 Å². The molecule has 0 aliphatic heterocycles. The van der Waals surface area contributed by atoms with Gasteiger partial charge in [-0.2, -0.15) is 0 Å². The largest absolute Gasteiger partial charge is 0.501 e. The van der Waals surface area contributed by atoms with Crippen molar-refractivity contribution < 1.29 is 9.47 Å². The number of halogens is 2. The minimum atomic E-state index is 0.817. The van der Waals surface area contributed by atoms with Gasteiger partial charge in [-0.3, -0.25) is 0 Å². The van der Waals surface area contributed by atoms with Gasteiger partial charge in [0, 0.05) is 11.1 Å². The van der Waals surface area contributed by atoms with Crippen LogP contribution in [0.1, 0.15) is 39.5 Å². The fourth-order valence-electron chi connectivity index (χ4n) is 2.62. The molecule has 0 bridgehead atoms. The average Bonchev–Trinajstić information content (AvgIpc) is 2.54. The van der Waals surface area contributed by atoms with Crippen molar-refractivity contribution in [3.63, 3.8) is 0 Å². The fraction of sp³-hybridized carbons (Fsp3) is 0.400. The number of ether oxygens (including phenoxy) is 2. The molecule has 0 saturated heterocycles. The van der Waals surface area contributed by atoms with Gasteiger partial charge in [-0.25, -0.2) is 0 Å². The van der Waals surface area contributed by atoms with E-state index in [0.29, 0.717) is 0 Å². The van der Waals surface area contributed by atoms with Gasteiger partial charge in [-0.15, -0.1) is 0 Å². The van der Waals surface area contributed by atoms with Gasteiger partial charge in [0.05, 0.1) is 18.7 Å². The van der Waals surface area contributed by atoms with E-state index in [1.807, 2.05) is 11.9 Å². The van der Waals surface area contributed by atoms with Crippen molar-refractivity contribution in [3.05, 3.63) is 68.1 Å². The second-order valence-corrected chi connectivity index (χ2v) is 7.05. The zero-order valence-electron chi connectivity index (χ0n) is 14.9. The van der Waals surface area contributed by atoms with Crippen LogP contribution in [-0.4, -0.2) is 14.2 Å². The molecule has 1 rings (SSSR count). The summed E-state index contributed by atoms with van der Waals surface area (Å²) in [7, 11) is 3.39. The summed E-state index contributed by atoms with van der Waals surface area (Å²) in [4.78, 5) is 1.88. The number of hydrogen-bond acceptors (Lipinski definition) is 2. The van der Waals surface area contributed by atoms with E-state index >= 15 is 0 Å². The van der Waals surface area contributed by atoms with E-state index in [1.165, 1.54) is 5.57 Å². The quantitative estimate of drug-likeness (QED) is 0.300. The maximum atomic E-state index is 5.72. The van der Waals surface area contributed by atoms with Crippen LogP contribution >= 0.6 is 31.9 Å². The lowest BCUT2D eigenvalue weighted by Crippen LogP contribution is -2.06. The Labute approximate surface area is 162 Å². The number of methoxy groups -OCH3 is 2.